The Bertz CT molecular complexity index is 683. The van der Waals surface area contributed by atoms with Crippen molar-refractivity contribution in [1.29, 1.82) is 5.26 Å². The summed E-state index contributed by atoms with van der Waals surface area (Å²) in [7, 11) is 0. The Balaban J connectivity index is 2.42. The SMILES string of the molecule is N#Cc1ccc(Nc2cc(Br)ccc2Cl)c(F)c1Br. The van der Waals surface area contributed by atoms with Crippen molar-refractivity contribution in [2.45, 2.75) is 0 Å². The molecule has 0 saturated heterocycles. The molecule has 0 radical (unpaired) electrons. The Morgan fingerprint density at radius 1 is 1.16 bits per heavy atom. The number of nitrogens with zero attached hydrogens (tertiary/aromatic N) is 1. The third kappa shape index (κ3) is 3.08. The molecule has 2 rings (SSSR count). The topological polar surface area (TPSA) is 35.8 Å². The lowest BCUT2D eigenvalue weighted by Gasteiger charge is -2.11. The molecular weight excluding hydrogens is 398 g/mol. The van der Waals surface area contributed by atoms with Crippen LogP contribution in [0.1, 0.15) is 5.56 Å². The van der Waals surface area contributed by atoms with E-state index in [0.29, 0.717) is 10.7 Å². The highest BCUT2D eigenvalue weighted by molar-refractivity contribution is 9.10. The maximum Gasteiger partial charge on any atom is 0.162 e. The second-order valence-corrected chi connectivity index (χ2v) is 5.77. The van der Waals surface area contributed by atoms with E-state index >= 15 is 0 Å². The Morgan fingerprint density at radius 3 is 2.58 bits per heavy atom. The molecule has 19 heavy (non-hydrogen) atoms. The van der Waals surface area contributed by atoms with E-state index in [4.69, 9.17) is 16.9 Å². The number of halogens is 4. The number of anilines is 2. The van der Waals surface area contributed by atoms with Crippen molar-refractivity contribution in [1.82, 2.24) is 0 Å². The van der Waals surface area contributed by atoms with Crippen LogP contribution in [-0.4, -0.2) is 0 Å². The maximum absolute atomic E-state index is 14.1. The molecule has 6 heteroatoms. The molecule has 0 aliphatic heterocycles. The van der Waals surface area contributed by atoms with E-state index in [-0.39, 0.29) is 15.7 Å². The largest absolute Gasteiger partial charge is 0.352 e. The second-order valence-electron chi connectivity index (χ2n) is 3.65. The molecule has 96 valence electrons. The number of nitriles is 1. The van der Waals surface area contributed by atoms with Crippen LogP contribution in [-0.2, 0) is 0 Å². The summed E-state index contributed by atoms with van der Waals surface area (Å²) in [6.07, 6.45) is 0. The Kier molecular flexibility index (Phi) is 4.46. The van der Waals surface area contributed by atoms with Gasteiger partial charge in [0.2, 0.25) is 0 Å². The first-order chi connectivity index (χ1) is 9.02. The van der Waals surface area contributed by atoms with E-state index in [0.717, 1.165) is 4.47 Å². The van der Waals surface area contributed by atoms with Gasteiger partial charge >= 0.3 is 0 Å². The normalized spacial score (nSPS) is 10.1. The first-order valence-electron chi connectivity index (χ1n) is 5.13. The molecule has 0 spiro atoms. The van der Waals surface area contributed by atoms with Gasteiger partial charge in [-0.2, -0.15) is 5.26 Å². The van der Waals surface area contributed by atoms with Crippen molar-refractivity contribution in [3.8, 4) is 6.07 Å². The van der Waals surface area contributed by atoms with Gasteiger partial charge < -0.3 is 5.32 Å². The molecule has 1 N–H and O–H groups in total. The first-order valence-corrected chi connectivity index (χ1v) is 7.09. The monoisotopic (exact) mass is 402 g/mol. The summed E-state index contributed by atoms with van der Waals surface area (Å²) < 4.78 is 15.0. The van der Waals surface area contributed by atoms with Crippen molar-refractivity contribution >= 4 is 54.8 Å². The predicted molar refractivity (Wildman–Crippen MR) is 81.2 cm³/mol. The summed E-state index contributed by atoms with van der Waals surface area (Å²) >= 11 is 12.4. The number of benzene rings is 2. The van der Waals surface area contributed by atoms with Crippen molar-refractivity contribution in [2.24, 2.45) is 0 Å². The van der Waals surface area contributed by atoms with Crippen LogP contribution >= 0.6 is 43.5 Å². The van der Waals surface area contributed by atoms with E-state index in [2.05, 4.69) is 37.2 Å². The van der Waals surface area contributed by atoms with Crippen molar-refractivity contribution in [2.75, 3.05) is 5.32 Å². The zero-order valence-corrected chi connectivity index (χ0v) is 13.3. The number of rotatable bonds is 2. The minimum Gasteiger partial charge on any atom is -0.352 e. The van der Waals surface area contributed by atoms with E-state index in [9.17, 15) is 4.39 Å². The van der Waals surface area contributed by atoms with Crippen LogP contribution < -0.4 is 5.32 Å². The zero-order chi connectivity index (χ0) is 14.0. The van der Waals surface area contributed by atoms with Gasteiger partial charge in [-0.05, 0) is 46.3 Å². The number of hydrogen-bond donors (Lipinski definition) is 1. The number of nitrogens with one attached hydrogen (secondary N) is 1. The summed E-state index contributed by atoms with van der Waals surface area (Å²) in [5, 5.41) is 12.2. The molecule has 0 aromatic heterocycles. The van der Waals surface area contributed by atoms with Crippen molar-refractivity contribution in [3.63, 3.8) is 0 Å². The molecular formula is C13H6Br2ClFN2. The van der Waals surface area contributed by atoms with E-state index in [1.807, 2.05) is 6.07 Å². The highest BCUT2D eigenvalue weighted by atomic mass is 79.9. The van der Waals surface area contributed by atoms with Gasteiger partial charge in [0.25, 0.3) is 0 Å². The van der Waals surface area contributed by atoms with Gasteiger partial charge in [-0.25, -0.2) is 4.39 Å². The van der Waals surface area contributed by atoms with E-state index in [1.54, 1.807) is 18.2 Å². The van der Waals surface area contributed by atoms with Gasteiger partial charge in [-0.1, -0.05) is 27.5 Å². The molecule has 0 aliphatic rings. The van der Waals surface area contributed by atoms with Gasteiger partial charge in [-0.3, -0.25) is 0 Å². The lowest BCUT2D eigenvalue weighted by atomic mass is 10.2. The Labute approximate surface area is 131 Å². The van der Waals surface area contributed by atoms with Crippen molar-refractivity contribution < 1.29 is 4.39 Å². The smallest absolute Gasteiger partial charge is 0.162 e. The van der Waals surface area contributed by atoms with Crippen LogP contribution in [0, 0.1) is 17.1 Å². The molecule has 0 heterocycles. The van der Waals surface area contributed by atoms with Crippen LogP contribution in [0.2, 0.25) is 5.02 Å². The van der Waals surface area contributed by atoms with Crippen LogP contribution in [0.4, 0.5) is 15.8 Å². The number of hydrogen-bond acceptors (Lipinski definition) is 2. The maximum atomic E-state index is 14.1. The summed E-state index contributed by atoms with van der Waals surface area (Å²) in [6.45, 7) is 0. The quantitative estimate of drug-likeness (QED) is 0.705. The molecule has 2 aromatic rings. The summed E-state index contributed by atoms with van der Waals surface area (Å²) in [5.41, 5.74) is 1.06. The van der Waals surface area contributed by atoms with Gasteiger partial charge in [0, 0.05) is 4.47 Å². The van der Waals surface area contributed by atoms with Crippen LogP contribution in [0.3, 0.4) is 0 Å². The van der Waals surface area contributed by atoms with Crippen LogP contribution in [0.15, 0.2) is 39.3 Å². The van der Waals surface area contributed by atoms with Crippen LogP contribution in [0.5, 0.6) is 0 Å². The molecule has 0 fully saturated rings. The molecule has 0 amide bonds. The molecule has 0 saturated carbocycles. The molecule has 2 aromatic carbocycles. The first kappa shape index (κ1) is 14.3. The zero-order valence-electron chi connectivity index (χ0n) is 9.35. The Hall–Kier alpha value is -1.09. The van der Waals surface area contributed by atoms with Crippen molar-refractivity contribution in [3.05, 3.63) is 55.7 Å². The van der Waals surface area contributed by atoms with E-state index < -0.39 is 5.82 Å². The van der Waals surface area contributed by atoms with Gasteiger partial charge in [0.05, 0.1) is 26.4 Å². The summed E-state index contributed by atoms with van der Waals surface area (Å²) in [6, 6.07) is 10.2. The lowest BCUT2D eigenvalue weighted by molar-refractivity contribution is 0.624. The molecule has 0 bridgehead atoms. The van der Waals surface area contributed by atoms with Gasteiger partial charge in [0.15, 0.2) is 5.82 Å². The standard InChI is InChI=1S/C13H6Br2ClFN2/c14-8-2-3-9(16)11(5-8)19-10-4-1-7(6-18)12(15)13(10)17/h1-5,19H. The third-order valence-electron chi connectivity index (χ3n) is 2.40. The highest BCUT2D eigenvalue weighted by Crippen LogP contribution is 2.32. The highest BCUT2D eigenvalue weighted by Gasteiger charge is 2.12. The van der Waals surface area contributed by atoms with E-state index in [1.165, 1.54) is 12.1 Å². The Morgan fingerprint density at radius 2 is 1.89 bits per heavy atom. The minimum atomic E-state index is -0.532. The average Bonchev–Trinajstić information content (AvgIpc) is 2.39. The predicted octanol–water partition coefficient (Wildman–Crippen LogP) is 5.62. The molecule has 0 aliphatic carbocycles. The lowest BCUT2D eigenvalue weighted by Crippen LogP contribution is -1.96. The fourth-order valence-electron chi connectivity index (χ4n) is 1.47. The average molecular weight is 404 g/mol. The summed E-state index contributed by atoms with van der Waals surface area (Å²) in [4.78, 5) is 0. The molecule has 0 unspecified atom stereocenters. The fourth-order valence-corrected chi connectivity index (χ4v) is 2.43. The van der Waals surface area contributed by atoms with Crippen LogP contribution in [0.25, 0.3) is 0 Å². The molecule has 0 atom stereocenters. The van der Waals surface area contributed by atoms with Gasteiger partial charge in [0.1, 0.15) is 6.07 Å². The minimum absolute atomic E-state index is 0.131. The third-order valence-corrected chi connectivity index (χ3v) is 4.00. The fraction of sp³-hybridized carbons (Fsp3) is 0. The molecule has 2 nitrogen and oxygen atoms in total. The second kappa shape index (κ2) is 5.91. The van der Waals surface area contributed by atoms with Gasteiger partial charge in [-0.15, -0.1) is 0 Å². The summed E-state index contributed by atoms with van der Waals surface area (Å²) in [5.74, 6) is -0.532.